The first-order chi connectivity index (χ1) is 6.22. The van der Waals surface area contributed by atoms with E-state index < -0.39 is 0 Å². The molecule has 13 heavy (non-hydrogen) atoms. The van der Waals surface area contributed by atoms with E-state index in [0.29, 0.717) is 0 Å². The Balaban J connectivity index is 2.82. The van der Waals surface area contributed by atoms with Gasteiger partial charge in [-0.05, 0) is 30.9 Å². The Labute approximate surface area is 81.5 Å². The van der Waals surface area contributed by atoms with E-state index in [1.807, 2.05) is 18.2 Å². The Morgan fingerprint density at radius 2 is 2.08 bits per heavy atom. The number of thiophene rings is 1. The van der Waals surface area contributed by atoms with E-state index in [2.05, 4.69) is 18.7 Å². The van der Waals surface area contributed by atoms with Gasteiger partial charge in [-0.1, -0.05) is 12.1 Å². The van der Waals surface area contributed by atoms with Gasteiger partial charge in [-0.25, -0.2) is 4.85 Å². The van der Waals surface area contributed by atoms with Crippen LogP contribution in [-0.2, 0) is 0 Å². The second kappa shape index (κ2) is 2.86. The van der Waals surface area contributed by atoms with Crippen LogP contribution >= 0.6 is 11.3 Å². The molecule has 0 fully saturated rings. The summed E-state index contributed by atoms with van der Waals surface area (Å²) in [7, 11) is 0. The molecule has 2 rings (SSSR count). The van der Waals surface area contributed by atoms with Crippen LogP contribution in [0, 0.1) is 20.4 Å². The molecule has 0 N–H and O–H groups in total. The van der Waals surface area contributed by atoms with Crippen molar-refractivity contribution in [3.63, 3.8) is 0 Å². The van der Waals surface area contributed by atoms with Crippen molar-refractivity contribution >= 4 is 27.1 Å². The molecule has 0 radical (unpaired) electrons. The summed E-state index contributed by atoms with van der Waals surface area (Å²) in [5.41, 5.74) is 2.07. The van der Waals surface area contributed by atoms with Gasteiger partial charge in [0, 0.05) is 9.58 Å². The highest BCUT2D eigenvalue weighted by atomic mass is 32.1. The van der Waals surface area contributed by atoms with Crippen LogP contribution in [0.4, 0.5) is 5.69 Å². The number of hydrogen-bond donors (Lipinski definition) is 0. The zero-order valence-electron chi connectivity index (χ0n) is 7.59. The molecule has 0 aliphatic carbocycles. The minimum absolute atomic E-state index is 0.730. The normalized spacial score (nSPS) is 10.2. The number of rotatable bonds is 0. The lowest BCUT2D eigenvalue weighted by Crippen LogP contribution is -1.69. The van der Waals surface area contributed by atoms with Crippen LogP contribution in [0.25, 0.3) is 14.9 Å². The third-order valence-corrected chi connectivity index (χ3v) is 3.46. The number of aryl methyl sites for hydroxylation is 2. The van der Waals surface area contributed by atoms with Gasteiger partial charge in [0.05, 0.1) is 6.57 Å². The smallest absolute Gasteiger partial charge is 0.188 e. The standard InChI is InChI=1S/C11H9NS/c1-7-8(2)13-11-6-9(12-3)4-5-10(7)11/h4-6H,1-2H3. The highest BCUT2D eigenvalue weighted by Gasteiger charge is 2.04. The molecule has 0 aliphatic rings. The summed E-state index contributed by atoms with van der Waals surface area (Å²) in [6, 6.07) is 5.89. The molecule has 0 amide bonds. The molecular weight excluding hydrogens is 178 g/mol. The van der Waals surface area contributed by atoms with Crippen molar-refractivity contribution in [3.05, 3.63) is 40.1 Å². The lowest BCUT2D eigenvalue weighted by atomic mass is 10.1. The van der Waals surface area contributed by atoms with Crippen molar-refractivity contribution < 1.29 is 0 Å². The minimum Gasteiger partial charge on any atom is -0.238 e. The van der Waals surface area contributed by atoms with Gasteiger partial charge in [-0.2, -0.15) is 0 Å². The molecule has 0 spiro atoms. The first-order valence-electron chi connectivity index (χ1n) is 4.09. The van der Waals surface area contributed by atoms with Crippen LogP contribution in [0.3, 0.4) is 0 Å². The maximum absolute atomic E-state index is 6.91. The summed E-state index contributed by atoms with van der Waals surface area (Å²) in [4.78, 5) is 4.76. The second-order valence-electron chi connectivity index (χ2n) is 3.08. The maximum atomic E-state index is 6.91. The summed E-state index contributed by atoms with van der Waals surface area (Å²) in [5.74, 6) is 0. The van der Waals surface area contributed by atoms with Crippen LogP contribution in [0.1, 0.15) is 10.4 Å². The summed E-state index contributed by atoms with van der Waals surface area (Å²) < 4.78 is 1.23. The third kappa shape index (κ3) is 1.22. The number of nitrogens with zero attached hydrogens (tertiary/aromatic N) is 1. The lowest BCUT2D eigenvalue weighted by molar-refractivity contribution is 1.47. The highest BCUT2D eigenvalue weighted by molar-refractivity contribution is 7.19. The van der Waals surface area contributed by atoms with Crippen molar-refractivity contribution in [2.75, 3.05) is 0 Å². The Hall–Kier alpha value is -1.33. The Kier molecular flexibility index (Phi) is 1.82. The molecule has 2 heteroatoms. The van der Waals surface area contributed by atoms with Crippen molar-refractivity contribution in [1.82, 2.24) is 0 Å². The predicted molar refractivity (Wildman–Crippen MR) is 57.6 cm³/mol. The summed E-state index contributed by atoms with van der Waals surface area (Å²) in [6.45, 7) is 11.2. The molecule has 0 atom stereocenters. The molecule has 1 aromatic carbocycles. The fourth-order valence-electron chi connectivity index (χ4n) is 1.41. The fraction of sp³-hybridized carbons (Fsp3) is 0.182. The summed E-state index contributed by atoms with van der Waals surface area (Å²) in [5, 5.41) is 1.29. The van der Waals surface area contributed by atoms with Crippen molar-refractivity contribution in [3.8, 4) is 0 Å². The summed E-state index contributed by atoms with van der Waals surface area (Å²) in [6.07, 6.45) is 0. The van der Waals surface area contributed by atoms with E-state index in [-0.39, 0.29) is 0 Å². The average molecular weight is 187 g/mol. The molecule has 0 unspecified atom stereocenters. The average Bonchev–Trinajstić information content (AvgIpc) is 2.42. The van der Waals surface area contributed by atoms with Crippen molar-refractivity contribution in [2.24, 2.45) is 0 Å². The van der Waals surface area contributed by atoms with E-state index in [0.717, 1.165) is 5.69 Å². The number of fused-ring (bicyclic) bond motifs is 1. The second-order valence-corrected chi connectivity index (χ2v) is 4.33. The summed E-state index contributed by atoms with van der Waals surface area (Å²) >= 11 is 1.76. The molecule has 1 nitrogen and oxygen atoms in total. The van der Waals surface area contributed by atoms with Gasteiger partial charge in [-0.15, -0.1) is 11.3 Å². The van der Waals surface area contributed by atoms with Crippen molar-refractivity contribution in [2.45, 2.75) is 13.8 Å². The molecule has 2 aromatic rings. The largest absolute Gasteiger partial charge is 0.238 e. The van der Waals surface area contributed by atoms with Crippen LogP contribution in [0.15, 0.2) is 18.2 Å². The van der Waals surface area contributed by atoms with Gasteiger partial charge >= 0.3 is 0 Å². The van der Waals surface area contributed by atoms with Gasteiger partial charge in [0.2, 0.25) is 0 Å². The van der Waals surface area contributed by atoms with E-state index in [4.69, 9.17) is 6.57 Å². The molecule has 64 valence electrons. The predicted octanol–water partition coefficient (Wildman–Crippen LogP) is 4.07. The van der Waals surface area contributed by atoms with Crippen LogP contribution in [-0.4, -0.2) is 0 Å². The number of hydrogen-bond acceptors (Lipinski definition) is 1. The van der Waals surface area contributed by atoms with Gasteiger partial charge in [-0.3, -0.25) is 0 Å². The topological polar surface area (TPSA) is 4.36 Å². The van der Waals surface area contributed by atoms with E-state index >= 15 is 0 Å². The van der Waals surface area contributed by atoms with Crippen LogP contribution < -0.4 is 0 Å². The van der Waals surface area contributed by atoms with Gasteiger partial charge in [0.25, 0.3) is 0 Å². The quantitative estimate of drug-likeness (QED) is 0.548. The molecule has 0 saturated carbocycles. The first kappa shape index (κ1) is 8.28. The molecule has 0 bridgehead atoms. The number of benzene rings is 1. The fourth-order valence-corrected chi connectivity index (χ4v) is 2.51. The Bertz CT molecular complexity index is 503. The van der Waals surface area contributed by atoms with E-state index in [1.54, 1.807) is 11.3 Å². The highest BCUT2D eigenvalue weighted by Crippen LogP contribution is 2.32. The van der Waals surface area contributed by atoms with Crippen LogP contribution in [0.5, 0.6) is 0 Å². The zero-order valence-corrected chi connectivity index (χ0v) is 8.40. The zero-order chi connectivity index (χ0) is 9.42. The van der Waals surface area contributed by atoms with E-state index in [1.165, 1.54) is 20.5 Å². The van der Waals surface area contributed by atoms with Crippen molar-refractivity contribution in [1.29, 1.82) is 0 Å². The van der Waals surface area contributed by atoms with Gasteiger partial charge in [0.1, 0.15) is 0 Å². The third-order valence-electron chi connectivity index (χ3n) is 2.29. The Morgan fingerprint density at radius 1 is 1.31 bits per heavy atom. The van der Waals surface area contributed by atoms with Crippen LogP contribution in [0.2, 0.25) is 0 Å². The van der Waals surface area contributed by atoms with Gasteiger partial charge in [0.15, 0.2) is 5.69 Å². The monoisotopic (exact) mass is 187 g/mol. The first-order valence-corrected chi connectivity index (χ1v) is 4.91. The molecule has 1 aromatic heterocycles. The van der Waals surface area contributed by atoms with E-state index in [9.17, 15) is 0 Å². The SMILES string of the molecule is [C-]#[N+]c1ccc2c(C)c(C)sc2c1. The lowest BCUT2D eigenvalue weighted by Gasteiger charge is -1.91. The Morgan fingerprint density at radius 3 is 2.77 bits per heavy atom. The van der Waals surface area contributed by atoms with Gasteiger partial charge < -0.3 is 0 Å². The minimum atomic E-state index is 0.730. The molecular formula is C11H9NS. The molecule has 1 heterocycles. The maximum Gasteiger partial charge on any atom is 0.188 e. The molecule has 0 aliphatic heterocycles. The molecule has 0 saturated heterocycles.